The van der Waals surface area contributed by atoms with Crippen LogP contribution in [0, 0.1) is 17.2 Å². The number of halogens is 1. The fourth-order valence-electron chi connectivity index (χ4n) is 1.22. The standard InChI is InChI=1S/C12H10BrN3O3/c1-7(15)10(3-14)11(17)6-19-12(18)8-2-9(13)5-16-4-8/h2,4-5,10H,1,6,15H2/p+1/t10-/m0/s1. The number of allylic oxidation sites excluding steroid dienone is 1. The van der Waals surface area contributed by atoms with Gasteiger partial charge in [0, 0.05) is 16.9 Å². The first-order valence-electron chi connectivity index (χ1n) is 5.16. The summed E-state index contributed by atoms with van der Waals surface area (Å²) in [5.74, 6) is -2.30. The molecule has 19 heavy (non-hydrogen) atoms. The first-order chi connectivity index (χ1) is 8.95. The van der Waals surface area contributed by atoms with Crippen molar-refractivity contribution in [1.82, 2.24) is 4.98 Å². The number of esters is 1. The van der Waals surface area contributed by atoms with Crippen molar-refractivity contribution in [3.63, 3.8) is 0 Å². The van der Waals surface area contributed by atoms with Crippen LogP contribution in [0.5, 0.6) is 0 Å². The smallest absolute Gasteiger partial charge is 0.340 e. The Bertz CT molecular complexity index is 566. The Kier molecular flexibility index (Phi) is 5.36. The van der Waals surface area contributed by atoms with Crippen molar-refractivity contribution >= 4 is 27.7 Å². The van der Waals surface area contributed by atoms with Gasteiger partial charge in [-0.3, -0.25) is 9.78 Å². The number of ether oxygens (including phenoxy) is 1. The molecule has 0 saturated carbocycles. The van der Waals surface area contributed by atoms with Crippen molar-refractivity contribution in [2.24, 2.45) is 5.92 Å². The second-order valence-corrected chi connectivity index (χ2v) is 4.57. The Morgan fingerprint density at radius 3 is 2.79 bits per heavy atom. The number of rotatable bonds is 5. The Hall–Kier alpha value is -2.04. The highest BCUT2D eigenvalue weighted by Crippen LogP contribution is 2.11. The molecule has 1 aromatic rings. The third kappa shape index (κ3) is 4.28. The van der Waals surface area contributed by atoms with Gasteiger partial charge in [0.25, 0.3) is 0 Å². The number of aromatic nitrogens is 1. The van der Waals surface area contributed by atoms with Gasteiger partial charge in [0.2, 0.25) is 0 Å². The van der Waals surface area contributed by atoms with Gasteiger partial charge in [0.15, 0.2) is 18.3 Å². The highest BCUT2D eigenvalue weighted by atomic mass is 79.9. The molecule has 0 unspecified atom stereocenters. The number of nitriles is 1. The van der Waals surface area contributed by atoms with E-state index in [9.17, 15) is 9.59 Å². The zero-order chi connectivity index (χ0) is 14.4. The van der Waals surface area contributed by atoms with Gasteiger partial charge in [-0.25, -0.2) is 4.79 Å². The topological polar surface area (TPSA) is 108 Å². The average Bonchev–Trinajstić information content (AvgIpc) is 2.36. The second-order valence-electron chi connectivity index (χ2n) is 3.65. The largest absolute Gasteiger partial charge is 0.454 e. The van der Waals surface area contributed by atoms with E-state index in [2.05, 4.69) is 33.2 Å². The molecule has 0 amide bonds. The summed E-state index contributed by atoms with van der Waals surface area (Å²) in [5.41, 5.74) is 3.82. The number of ketones is 1. The van der Waals surface area contributed by atoms with Crippen LogP contribution in [0.1, 0.15) is 10.4 Å². The van der Waals surface area contributed by atoms with Gasteiger partial charge >= 0.3 is 5.97 Å². The van der Waals surface area contributed by atoms with E-state index >= 15 is 0 Å². The monoisotopic (exact) mass is 324 g/mol. The van der Waals surface area contributed by atoms with Crippen molar-refractivity contribution in [2.45, 2.75) is 0 Å². The summed E-state index contributed by atoms with van der Waals surface area (Å²) < 4.78 is 5.43. The van der Waals surface area contributed by atoms with Gasteiger partial charge in [-0.2, -0.15) is 5.26 Å². The Morgan fingerprint density at radius 2 is 2.26 bits per heavy atom. The highest BCUT2D eigenvalue weighted by molar-refractivity contribution is 9.10. The molecule has 0 spiro atoms. The highest BCUT2D eigenvalue weighted by Gasteiger charge is 2.23. The lowest BCUT2D eigenvalue weighted by Crippen LogP contribution is -2.51. The van der Waals surface area contributed by atoms with Crippen molar-refractivity contribution in [1.29, 1.82) is 5.26 Å². The van der Waals surface area contributed by atoms with E-state index in [1.54, 1.807) is 6.07 Å². The van der Waals surface area contributed by atoms with Gasteiger partial charge in [0.05, 0.1) is 11.6 Å². The summed E-state index contributed by atoms with van der Waals surface area (Å²) in [5, 5.41) is 8.76. The minimum atomic E-state index is -1.06. The summed E-state index contributed by atoms with van der Waals surface area (Å²) in [6.07, 6.45) is 2.83. The van der Waals surface area contributed by atoms with Crippen LogP contribution < -0.4 is 5.73 Å². The molecule has 0 aliphatic carbocycles. The second kappa shape index (κ2) is 6.78. The van der Waals surface area contributed by atoms with Crippen LogP contribution in [-0.4, -0.2) is 23.3 Å². The van der Waals surface area contributed by atoms with Crippen molar-refractivity contribution < 1.29 is 20.1 Å². The predicted molar refractivity (Wildman–Crippen MR) is 68.4 cm³/mol. The fourth-order valence-corrected chi connectivity index (χ4v) is 1.58. The summed E-state index contributed by atoms with van der Waals surface area (Å²) in [6.45, 7) is 2.93. The maximum atomic E-state index is 11.6. The van der Waals surface area contributed by atoms with Crippen LogP contribution in [0.4, 0.5) is 0 Å². The van der Waals surface area contributed by atoms with Crippen LogP contribution in [0.2, 0.25) is 0 Å². The number of hydrogen-bond donors (Lipinski definition) is 1. The van der Waals surface area contributed by atoms with E-state index in [-0.39, 0.29) is 11.3 Å². The number of pyridine rings is 1. The predicted octanol–water partition coefficient (Wildman–Crippen LogP) is 0.465. The Morgan fingerprint density at radius 1 is 1.58 bits per heavy atom. The lowest BCUT2D eigenvalue weighted by molar-refractivity contribution is -0.309. The molecule has 98 valence electrons. The van der Waals surface area contributed by atoms with E-state index < -0.39 is 24.3 Å². The minimum absolute atomic E-state index is 0.174. The maximum Gasteiger partial charge on any atom is 0.340 e. The van der Waals surface area contributed by atoms with Gasteiger partial charge < -0.3 is 10.5 Å². The fraction of sp³-hybridized carbons (Fsp3) is 0.167. The first-order valence-corrected chi connectivity index (χ1v) is 5.95. The molecule has 3 N–H and O–H groups in total. The molecular formula is C12H11BrN3O3+. The van der Waals surface area contributed by atoms with E-state index in [4.69, 9.17) is 10.00 Å². The van der Waals surface area contributed by atoms with Crippen LogP contribution in [0.25, 0.3) is 0 Å². The molecule has 1 atom stereocenters. The number of hydrogen-bond acceptors (Lipinski definition) is 5. The van der Waals surface area contributed by atoms with Gasteiger partial charge in [-0.05, 0) is 28.6 Å². The first kappa shape index (κ1) is 15.0. The normalized spacial score (nSPS) is 11.2. The van der Waals surface area contributed by atoms with Crippen molar-refractivity contribution in [3.05, 3.63) is 40.8 Å². The third-order valence-electron chi connectivity index (χ3n) is 2.15. The van der Waals surface area contributed by atoms with Crippen molar-refractivity contribution in [3.8, 4) is 6.07 Å². The number of nitrogens with zero attached hydrogens (tertiary/aromatic N) is 2. The molecule has 0 aliphatic heterocycles. The molecule has 0 saturated heterocycles. The van der Waals surface area contributed by atoms with Gasteiger partial charge in [-0.1, -0.05) is 0 Å². The quantitative estimate of drug-likeness (QED) is 0.792. The molecule has 0 aliphatic rings. The van der Waals surface area contributed by atoms with Crippen LogP contribution in [0.3, 0.4) is 0 Å². The lowest BCUT2D eigenvalue weighted by Gasteiger charge is -2.06. The molecule has 0 fully saturated rings. The Balaban J connectivity index is 2.63. The van der Waals surface area contributed by atoms with Gasteiger partial charge in [-0.15, -0.1) is 0 Å². The van der Waals surface area contributed by atoms with E-state index in [1.165, 1.54) is 18.5 Å². The third-order valence-corrected chi connectivity index (χ3v) is 2.58. The molecule has 1 heterocycles. The van der Waals surface area contributed by atoms with Gasteiger partial charge in [0.1, 0.15) is 5.70 Å². The molecule has 0 radical (unpaired) electrons. The zero-order valence-corrected chi connectivity index (χ0v) is 11.5. The summed E-state index contributed by atoms with van der Waals surface area (Å²) in [7, 11) is 0. The molecule has 0 bridgehead atoms. The number of carbonyl (C=O) groups is 2. The zero-order valence-electron chi connectivity index (χ0n) is 9.93. The maximum absolute atomic E-state index is 11.6. The summed E-state index contributed by atoms with van der Waals surface area (Å²) in [6, 6.07) is 3.27. The lowest BCUT2D eigenvalue weighted by atomic mass is 10.0. The average molecular weight is 325 g/mol. The van der Waals surface area contributed by atoms with Crippen molar-refractivity contribution in [2.75, 3.05) is 6.61 Å². The molecule has 0 aromatic carbocycles. The van der Waals surface area contributed by atoms with Crippen LogP contribution in [-0.2, 0) is 9.53 Å². The number of Topliss-reactive ketones (excluding diaryl/α,β-unsaturated/α-hetero) is 1. The van der Waals surface area contributed by atoms with E-state index in [0.29, 0.717) is 4.47 Å². The Labute approximate surface area is 118 Å². The summed E-state index contributed by atoms with van der Waals surface area (Å²) in [4.78, 5) is 27.0. The molecule has 1 rings (SSSR count). The SMILES string of the molecule is C=C([NH3+])[C@H](C#N)C(=O)COC(=O)c1cncc(Br)c1. The molecule has 1 aromatic heterocycles. The number of quaternary nitrogens is 1. The summed E-state index contributed by atoms with van der Waals surface area (Å²) >= 11 is 3.16. The number of carbonyl (C=O) groups excluding carboxylic acids is 2. The van der Waals surface area contributed by atoms with Crippen LogP contribution in [0.15, 0.2) is 35.2 Å². The van der Waals surface area contributed by atoms with Crippen LogP contribution >= 0.6 is 15.9 Å². The van der Waals surface area contributed by atoms with E-state index in [1.807, 2.05) is 0 Å². The van der Waals surface area contributed by atoms with E-state index in [0.717, 1.165) is 0 Å². The minimum Gasteiger partial charge on any atom is -0.454 e. The molecule has 7 heteroatoms. The molecular weight excluding hydrogens is 314 g/mol. The molecule has 6 nitrogen and oxygen atoms in total.